The summed E-state index contributed by atoms with van der Waals surface area (Å²) in [6.45, 7) is 12.3. The quantitative estimate of drug-likeness (QED) is 0.258. The summed E-state index contributed by atoms with van der Waals surface area (Å²) in [6.07, 6.45) is 7.27. The molecular formula is C34H46O3. The van der Waals surface area contributed by atoms with E-state index in [0.717, 1.165) is 49.7 Å². The maximum Gasteiger partial charge on any atom is 0.163 e. The predicted octanol–water partition coefficient (Wildman–Crippen LogP) is 8.38. The molecule has 3 heteroatoms. The third kappa shape index (κ3) is 7.27. The molecule has 200 valence electrons. The summed E-state index contributed by atoms with van der Waals surface area (Å²) >= 11 is 0. The SMILES string of the molecule is CCCC(CC1CC(=O)c2c(C)ccc(-c3ccc(CC(C)CC)cc3)c2C1)C(CC)C(=O)CC(C)=O. The van der Waals surface area contributed by atoms with Crippen LogP contribution in [-0.2, 0) is 22.4 Å². The van der Waals surface area contributed by atoms with Crippen LogP contribution in [0.25, 0.3) is 11.1 Å². The van der Waals surface area contributed by atoms with E-state index in [1.54, 1.807) is 0 Å². The van der Waals surface area contributed by atoms with E-state index < -0.39 is 0 Å². The van der Waals surface area contributed by atoms with Gasteiger partial charge in [-0.2, -0.15) is 0 Å². The molecule has 0 saturated heterocycles. The Labute approximate surface area is 224 Å². The summed E-state index contributed by atoms with van der Waals surface area (Å²) in [5.41, 5.74) is 6.84. The van der Waals surface area contributed by atoms with Gasteiger partial charge in [-0.05, 0) is 85.1 Å². The van der Waals surface area contributed by atoms with Crippen LogP contribution >= 0.6 is 0 Å². The zero-order valence-corrected chi connectivity index (χ0v) is 23.9. The van der Waals surface area contributed by atoms with E-state index in [9.17, 15) is 14.4 Å². The van der Waals surface area contributed by atoms with E-state index in [-0.39, 0.29) is 41.5 Å². The first-order valence-electron chi connectivity index (χ1n) is 14.4. The second-order valence-electron chi connectivity index (χ2n) is 11.5. The molecule has 2 aromatic rings. The van der Waals surface area contributed by atoms with Crippen LogP contribution in [0.2, 0.25) is 0 Å². The molecule has 3 rings (SSSR count). The lowest BCUT2D eigenvalue weighted by Crippen LogP contribution is -2.30. The van der Waals surface area contributed by atoms with Crippen molar-refractivity contribution in [2.24, 2.45) is 23.7 Å². The van der Waals surface area contributed by atoms with Gasteiger partial charge < -0.3 is 0 Å². The molecule has 0 aromatic heterocycles. The Balaban J connectivity index is 1.89. The molecule has 0 fully saturated rings. The normalized spacial score (nSPS) is 17.7. The van der Waals surface area contributed by atoms with Crippen molar-refractivity contribution in [3.63, 3.8) is 0 Å². The monoisotopic (exact) mass is 502 g/mol. The third-order valence-electron chi connectivity index (χ3n) is 8.45. The number of Topliss-reactive ketones (excluding diaryl/α,β-unsaturated/α-hetero) is 3. The molecule has 0 spiro atoms. The first kappa shape index (κ1) is 29.0. The first-order chi connectivity index (χ1) is 17.7. The Morgan fingerprint density at radius 2 is 1.68 bits per heavy atom. The minimum Gasteiger partial charge on any atom is -0.300 e. The number of benzene rings is 2. The molecular weight excluding hydrogens is 456 g/mol. The maximum atomic E-state index is 13.5. The van der Waals surface area contributed by atoms with Crippen molar-refractivity contribution in [2.45, 2.75) is 99.3 Å². The van der Waals surface area contributed by atoms with Crippen LogP contribution in [0, 0.1) is 30.6 Å². The van der Waals surface area contributed by atoms with Gasteiger partial charge in [0.05, 0.1) is 6.42 Å². The van der Waals surface area contributed by atoms with Gasteiger partial charge in [-0.3, -0.25) is 14.4 Å². The summed E-state index contributed by atoms with van der Waals surface area (Å²) in [4.78, 5) is 38.0. The molecule has 4 atom stereocenters. The van der Waals surface area contributed by atoms with E-state index in [2.05, 4.69) is 64.1 Å². The topological polar surface area (TPSA) is 51.2 Å². The largest absolute Gasteiger partial charge is 0.300 e. The Kier molecular flexibility index (Phi) is 10.4. The highest BCUT2D eigenvalue weighted by Gasteiger charge is 2.34. The van der Waals surface area contributed by atoms with Gasteiger partial charge in [-0.25, -0.2) is 0 Å². The Morgan fingerprint density at radius 3 is 2.27 bits per heavy atom. The van der Waals surface area contributed by atoms with Gasteiger partial charge in [-0.15, -0.1) is 0 Å². The standard InChI is InChI=1S/C34H46O3/c1-7-10-28(29(9-3)32(36)18-24(6)35)19-26-20-31-30(16-11-23(5)34(31)33(37)21-26)27-14-12-25(13-15-27)17-22(4)8-2/h11-16,22,26,28-29H,7-10,17-21H2,1-6H3. The fourth-order valence-corrected chi connectivity index (χ4v) is 6.38. The number of carbonyl (C=O) groups is 3. The first-order valence-corrected chi connectivity index (χ1v) is 14.4. The highest BCUT2D eigenvalue weighted by atomic mass is 16.1. The second-order valence-corrected chi connectivity index (χ2v) is 11.5. The lowest BCUT2D eigenvalue weighted by molar-refractivity contribution is -0.129. The van der Waals surface area contributed by atoms with Gasteiger partial charge in [0.2, 0.25) is 0 Å². The predicted molar refractivity (Wildman–Crippen MR) is 153 cm³/mol. The summed E-state index contributed by atoms with van der Waals surface area (Å²) in [6, 6.07) is 13.2. The lowest BCUT2D eigenvalue weighted by Gasteiger charge is -2.32. The minimum atomic E-state index is -0.101. The van der Waals surface area contributed by atoms with Crippen LogP contribution in [0.4, 0.5) is 0 Å². The zero-order valence-electron chi connectivity index (χ0n) is 23.9. The van der Waals surface area contributed by atoms with Crippen molar-refractivity contribution in [1.82, 2.24) is 0 Å². The zero-order chi connectivity index (χ0) is 27.1. The fraction of sp³-hybridized carbons (Fsp3) is 0.559. The number of ketones is 3. The highest BCUT2D eigenvalue weighted by molar-refractivity contribution is 6.02. The Hall–Kier alpha value is -2.55. The summed E-state index contributed by atoms with van der Waals surface area (Å²) in [5, 5.41) is 0. The van der Waals surface area contributed by atoms with Gasteiger partial charge in [0.25, 0.3) is 0 Å². The molecule has 0 heterocycles. The molecule has 0 bridgehead atoms. The molecule has 37 heavy (non-hydrogen) atoms. The maximum absolute atomic E-state index is 13.5. The van der Waals surface area contributed by atoms with Crippen LogP contribution < -0.4 is 0 Å². The molecule has 0 N–H and O–H groups in total. The number of aryl methyl sites for hydroxylation is 1. The van der Waals surface area contributed by atoms with Crippen LogP contribution in [0.5, 0.6) is 0 Å². The fourth-order valence-electron chi connectivity index (χ4n) is 6.38. The van der Waals surface area contributed by atoms with Crippen LogP contribution in [0.3, 0.4) is 0 Å². The van der Waals surface area contributed by atoms with Crippen molar-refractivity contribution in [3.8, 4) is 11.1 Å². The van der Waals surface area contributed by atoms with Gasteiger partial charge in [0.1, 0.15) is 11.6 Å². The van der Waals surface area contributed by atoms with E-state index >= 15 is 0 Å². The number of carbonyl (C=O) groups excluding carboxylic acids is 3. The minimum absolute atomic E-state index is 0.0293. The molecule has 4 unspecified atom stereocenters. The number of hydrogen-bond acceptors (Lipinski definition) is 3. The summed E-state index contributed by atoms with van der Waals surface area (Å²) in [7, 11) is 0. The number of hydrogen-bond donors (Lipinski definition) is 0. The molecule has 0 aliphatic heterocycles. The van der Waals surface area contributed by atoms with Crippen molar-refractivity contribution in [2.75, 3.05) is 0 Å². The molecule has 0 radical (unpaired) electrons. The third-order valence-corrected chi connectivity index (χ3v) is 8.45. The van der Waals surface area contributed by atoms with E-state index in [4.69, 9.17) is 0 Å². The molecule has 1 aliphatic rings. The van der Waals surface area contributed by atoms with Crippen molar-refractivity contribution < 1.29 is 14.4 Å². The summed E-state index contributed by atoms with van der Waals surface area (Å²) < 4.78 is 0. The molecule has 2 aromatic carbocycles. The van der Waals surface area contributed by atoms with E-state index in [0.29, 0.717) is 12.3 Å². The van der Waals surface area contributed by atoms with Gasteiger partial charge in [0.15, 0.2) is 5.78 Å². The molecule has 0 amide bonds. The lowest BCUT2D eigenvalue weighted by atomic mass is 9.71. The average molecular weight is 503 g/mol. The van der Waals surface area contributed by atoms with Crippen molar-refractivity contribution >= 4 is 17.3 Å². The second kappa shape index (κ2) is 13.3. The smallest absolute Gasteiger partial charge is 0.163 e. The Bertz CT molecular complexity index is 1090. The van der Waals surface area contributed by atoms with Crippen molar-refractivity contribution in [3.05, 3.63) is 58.7 Å². The van der Waals surface area contributed by atoms with E-state index in [1.807, 2.05) is 6.92 Å². The van der Waals surface area contributed by atoms with E-state index in [1.165, 1.54) is 35.6 Å². The Morgan fingerprint density at radius 1 is 0.973 bits per heavy atom. The average Bonchev–Trinajstić information content (AvgIpc) is 2.84. The van der Waals surface area contributed by atoms with Crippen LogP contribution in [0.1, 0.15) is 107 Å². The van der Waals surface area contributed by atoms with Gasteiger partial charge in [0, 0.05) is 17.9 Å². The molecule has 1 aliphatic carbocycles. The molecule has 0 saturated carbocycles. The molecule has 3 nitrogen and oxygen atoms in total. The van der Waals surface area contributed by atoms with Crippen LogP contribution in [-0.4, -0.2) is 17.3 Å². The summed E-state index contributed by atoms with van der Waals surface area (Å²) in [5.74, 6) is 1.26. The van der Waals surface area contributed by atoms with Gasteiger partial charge in [-0.1, -0.05) is 83.4 Å². The highest BCUT2D eigenvalue weighted by Crippen LogP contribution is 2.40. The number of rotatable bonds is 13. The van der Waals surface area contributed by atoms with Gasteiger partial charge >= 0.3 is 0 Å². The number of fused-ring (bicyclic) bond motifs is 1. The van der Waals surface area contributed by atoms with Crippen LogP contribution in [0.15, 0.2) is 36.4 Å². The van der Waals surface area contributed by atoms with Crippen molar-refractivity contribution in [1.29, 1.82) is 0 Å².